The van der Waals surface area contributed by atoms with Crippen LogP contribution >= 0.6 is 11.3 Å². The molecular weight excluding hydrogens is 593 g/mol. The van der Waals surface area contributed by atoms with E-state index in [0.717, 1.165) is 17.6 Å². The van der Waals surface area contributed by atoms with Gasteiger partial charge in [-0.1, -0.05) is 18.2 Å². The average Bonchev–Trinajstić information content (AvgIpc) is 3.43. The van der Waals surface area contributed by atoms with Gasteiger partial charge in [0.15, 0.2) is 5.60 Å². The van der Waals surface area contributed by atoms with E-state index in [1.165, 1.54) is 28.6 Å². The Morgan fingerprint density at radius 3 is 2.38 bits per heavy atom. The first-order valence-electron chi connectivity index (χ1n) is 12.6. The monoisotopic (exact) mass is 626 g/mol. The predicted molar refractivity (Wildman–Crippen MR) is 145 cm³/mol. The Kier molecular flexibility index (Phi) is 9.22. The van der Waals surface area contributed by atoms with Gasteiger partial charge >= 0.3 is 6.18 Å². The molecule has 16 heteroatoms. The number of halogens is 3. The Bertz CT molecular complexity index is 1350. The molecule has 3 heterocycles. The molecule has 2 aromatic rings. The van der Waals surface area contributed by atoms with Crippen LogP contribution in [0.15, 0.2) is 46.0 Å². The van der Waals surface area contributed by atoms with E-state index in [1.807, 2.05) is 9.80 Å². The molecule has 0 aliphatic carbocycles. The normalized spacial score (nSPS) is 23.7. The lowest BCUT2D eigenvalue weighted by Crippen LogP contribution is -2.61. The molecule has 2 fully saturated rings. The van der Waals surface area contributed by atoms with Crippen LogP contribution in [0, 0.1) is 0 Å². The zero-order chi connectivity index (χ0) is 29.3. The third-order valence-corrected chi connectivity index (χ3v) is 11.2. The highest BCUT2D eigenvalue weighted by Gasteiger charge is 2.51. The first-order chi connectivity index (χ1) is 18.6. The molecule has 0 saturated carbocycles. The van der Waals surface area contributed by atoms with E-state index in [9.17, 15) is 35.1 Å². The molecule has 1 aromatic carbocycles. The van der Waals surface area contributed by atoms with Crippen LogP contribution in [0.5, 0.6) is 0 Å². The fraction of sp³-hybridized carbons (Fsp3) is 0.583. The number of hydrogen-bond acceptors (Lipinski definition) is 9. The summed E-state index contributed by atoms with van der Waals surface area (Å²) in [7, 11) is -7.19. The summed E-state index contributed by atoms with van der Waals surface area (Å²) < 4.78 is 99.8. The smallest absolute Gasteiger partial charge is 0.378 e. The van der Waals surface area contributed by atoms with Gasteiger partial charge < -0.3 is 14.7 Å². The highest BCUT2D eigenvalue weighted by atomic mass is 32.2. The average molecular weight is 627 g/mol. The summed E-state index contributed by atoms with van der Waals surface area (Å²) in [6, 6.07) is 7.94. The van der Waals surface area contributed by atoms with Crippen molar-refractivity contribution >= 4 is 37.1 Å². The largest absolute Gasteiger partial charge is 0.421 e. The molecule has 0 bridgehead atoms. The quantitative estimate of drug-likeness (QED) is 0.432. The molecule has 0 radical (unpaired) electrons. The van der Waals surface area contributed by atoms with E-state index in [0.29, 0.717) is 32.3 Å². The molecule has 2 aliphatic heterocycles. The van der Waals surface area contributed by atoms with E-state index >= 15 is 0 Å². The van der Waals surface area contributed by atoms with Crippen molar-refractivity contribution in [2.45, 2.75) is 35.0 Å². The summed E-state index contributed by atoms with van der Waals surface area (Å²) in [6.07, 6.45) is -3.79. The number of hydrogen-bond donors (Lipinski definition) is 2. The molecule has 2 unspecified atom stereocenters. The lowest BCUT2D eigenvalue weighted by atomic mass is 9.95. The second-order valence-corrected chi connectivity index (χ2v) is 15.0. The van der Waals surface area contributed by atoms with E-state index in [2.05, 4.69) is 4.72 Å². The number of anilines is 1. The molecule has 3 atom stereocenters. The fourth-order valence-corrected chi connectivity index (χ4v) is 7.96. The highest BCUT2D eigenvalue weighted by Crippen LogP contribution is 2.39. The van der Waals surface area contributed by atoms with Crippen molar-refractivity contribution < 1.29 is 39.9 Å². The maximum absolute atomic E-state index is 13.4. The molecule has 2 N–H and O–H groups in total. The summed E-state index contributed by atoms with van der Waals surface area (Å²) in [6.45, 7) is 2.93. The van der Waals surface area contributed by atoms with Crippen molar-refractivity contribution in [2.75, 3.05) is 63.6 Å². The number of alkyl halides is 3. The van der Waals surface area contributed by atoms with Crippen LogP contribution in [0.3, 0.4) is 0 Å². The van der Waals surface area contributed by atoms with Gasteiger partial charge in [0.25, 0.3) is 10.0 Å². The van der Waals surface area contributed by atoms with Crippen LogP contribution in [0.2, 0.25) is 0 Å². The Balaban J connectivity index is 1.61. The van der Waals surface area contributed by atoms with Crippen molar-refractivity contribution in [3.8, 4) is 0 Å². The van der Waals surface area contributed by atoms with Crippen molar-refractivity contribution in [3.63, 3.8) is 0 Å². The summed E-state index contributed by atoms with van der Waals surface area (Å²) in [5, 5.41) is 11.8. The zero-order valence-corrected chi connectivity index (χ0v) is 24.5. The minimum atomic E-state index is -4.86. The number of thiophene rings is 1. The third-order valence-electron chi connectivity index (χ3n) is 7.22. The van der Waals surface area contributed by atoms with Crippen LogP contribution < -0.4 is 9.62 Å². The van der Waals surface area contributed by atoms with Gasteiger partial charge in [-0.2, -0.15) is 17.5 Å². The van der Waals surface area contributed by atoms with E-state index < -0.39 is 37.9 Å². The molecule has 2 aliphatic rings. The van der Waals surface area contributed by atoms with Crippen LogP contribution in [-0.4, -0.2) is 108 Å². The molecule has 10 nitrogen and oxygen atoms in total. The number of nitrogens with one attached hydrogen (secondary N) is 1. The lowest BCUT2D eigenvalue weighted by Gasteiger charge is -2.46. The number of piperazine rings is 1. The zero-order valence-electron chi connectivity index (χ0n) is 22.0. The number of morpholine rings is 1. The summed E-state index contributed by atoms with van der Waals surface area (Å²) in [5.74, 6) is 0. The van der Waals surface area contributed by atoms with Gasteiger partial charge in [-0.25, -0.2) is 21.6 Å². The Hall–Kier alpha value is -1.79. The van der Waals surface area contributed by atoms with Crippen molar-refractivity contribution in [1.29, 1.82) is 0 Å². The Morgan fingerprint density at radius 2 is 1.77 bits per heavy atom. The molecule has 224 valence electrons. The molecular formula is C24H33F3N4O6S3. The molecule has 2 saturated heterocycles. The topological polar surface area (TPSA) is 119 Å². The van der Waals surface area contributed by atoms with Gasteiger partial charge in [-0.05, 0) is 36.1 Å². The summed E-state index contributed by atoms with van der Waals surface area (Å²) in [5.41, 5.74) is -2.75. The molecule has 1 aromatic heterocycles. The number of sulfonamides is 2. The maximum Gasteiger partial charge on any atom is 0.421 e. The Labute approximate surface area is 236 Å². The second-order valence-electron chi connectivity index (χ2n) is 10.1. The van der Waals surface area contributed by atoms with Gasteiger partial charge in [0.2, 0.25) is 10.0 Å². The number of ether oxygens (including phenoxy) is 1. The SMILES string of the molecule is CC(O)(c1ccc(N2CCN(S(=O)(=O)c3cccs3)C[C@@H]2CN2CCOCC2CNS(C)(=O)=O)cc1)C(F)(F)F. The number of benzene rings is 1. The van der Waals surface area contributed by atoms with Gasteiger partial charge in [0.1, 0.15) is 4.21 Å². The lowest BCUT2D eigenvalue weighted by molar-refractivity contribution is -0.258. The van der Waals surface area contributed by atoms with E-state index in [1.54, 1.807) is 17.5 Å². The van der Waals surface area contributed by atoms with Crippen LogP contribution in [0.1, 0.15) is 12.5 Å². The minimum Gasteiger partial charge on any atom is -0.378 e. The minimum absolute atomic E-state index is 0.115. The van der Waals surface area contributed by atoms with Gasteiger partial charge in [-0.15, -0.1) is 11.3 Å². The van der Waals surface area contributed by atoms with Crippen molar-refractivity contribution in [1.82, 2.24) is 13.9 Å². The highest BCUT2D eigenvalue weighted by molar-refractivity contribution is 7.91. The maximum atomic E-state index is 13.4. The number of aliphatic hydroxyl groups is 1. The van der Waals surface area contributed by atoms with Crippen molar-refractivity contribution in [2.24, 2.45) is 0 Å². The second kappa shape index (κ2) is 11.8. The first kappa shape index (κ1) is 31.2. The standard InChI is InChI=1S/C24H33F3N4O6S3/c1-23(32,24(25,26)27)18-5-7-19(8-6-18)31-10-9-30(40(35,36)22-4-3-13-38-22)16-21(31)15-29-11-12-37-17-20(29)14-28-39(2,33)34/h3-8,13,20-21,28,32H,9-12,14-17H2,1-2H3/t20?,21-,23?/m0/s1. The predicted octanol–water partition coefficient (Wildman–Crippen LogP) is 1.65. The van der Waals surface area contributed by atoms with Crippen molar-refractivity contribution in [3.05, 3.63) is 47.3 Å². The van der Waals surface area contributed by atoms with Crippen LogP contribution in [-0.2, 0) is 30.4 Å². The van der Waals surface area contributed by atoms with Gasteiger partial charge in [-0.3, -0.25) is 4.90 Å². The van der Waals surface area contributed by atoms with Crippen LogP contribution in [0.25, 0.3) is 0 Å². The molecule has 0 spiro atoms. The first-order valence-corrected chi connectivity index (χ1v) is 16.8. The fourth-order valence-electron chi connectivity index (χ4n) is 4.86. The third kappa shape index (κ3) is 6.98. The molecule has 0 amide bonds. The molecule has 4 rings (SSSR count). The summed E-state index contributed by atoms with van der Waals surface area (Å²) in [4.78, 5) is 3.99. The summed E-state index contributed by atoms with van der Waals surface area (Å²) >= 11 is 1.12. The number of nitrogens with zero attached hydrogens (tertiary/aromatic N) is 3. The van der Waals surface area contributed by atoms with Crippen LogP contribution in [0.4, 0.5) is 18.9 Å². The van der Waals surface area contributed by atoms with Gasteiger partial charge in [0, 0.05) is 51.0 Å². The number of rotatable bonds is 9. The van der Waals surface area contributed by atoms with Gasteiger partial charge in [0.05, 0.1) is 25.5 Å². The van der Waals surface area contributed by atoms with E-state index in [4.69, 9.17) is 4.74 Å². The van der Waals surface area contributed by atoms with E-state index in [-0.39, 0.29) is 48.6 Å². The molecule has 40 heavy (non-hydrogen) atoms. The Morgan fingerprint density at radius 1 is 1.07 bits per heavy atom.